The molecule has 24 heavy (non-hydrogen) atoms. The molecular weight excluding hydrogens is 310 g/mol. The molecule has 0 bridgehead atoms. The molecule has 0 aliphatic carbocycles. The van der Waals surface area contributed by atoms with Crippen LogP contribution in [0.2, 0.25) is 0 Å². The first-order valence-electron chi connectivity index (χ1n) is 8.18. The van der Waals surface area contributed by atoms with E-state index in [4.69, 9.17) is 15.2 Å². The van der Waals surface area contributed by atoms with Crippen molar-refractivity contribution in [2.45, 2.75) is 19.4 Å². The zero-order valence-electron chi connectivity index (χ0n) is 14.0. The highest BCUT2D eigenvalue weighted by molar-refractivity contribution is 6.00. The van der Waals surface area contributed by atoms with Crippen molar-refractivity contribution in [3.63, 3.8) is 0 Å². The highest BCUT2D eigenvalue weighted by Gasteiger charge is 2.37. The van der Waals surface area contributed by atoms with Gasteiger partial charge in [0.1, 0.15) is 13.2 Å². The second kappa shape index (κ2) is 6.68. The smallest absolute Gasteiger partial charge is 0.228 e. The number of likely N-dealkylation sites (N-methyl/N-ethyl adjacent to an activating group) is 1. The minimum atomic E-state index is -0.343. The molecule has 0 spiro atoms. The highest BCUT2D eigenvalue weighted by atomic mass is 16.6. The largest absolute Gasteiger partial charge is 0.486 e. The van der Waals surface area contributed by atoms with Gasteiger partial charge in [0.15, 0.2) is 11.5 Å². The Morgan fingerprint density at radius 2 is 2.08 bits per heavy atom. The number of ether oxygens (including phenoxy) is 2. The summed E-state index contributed by atoms with van der Waals surface area (Å²) in [5.41, 5.74) is 6.35. The fraction of sp³-hybridized carbons (Fsp3) is 0.529. The predicted octanol–water partition coefficient (Wildman–Crippen LogP) is 0.616. The Bertz CT molecular complexity index is 649. The fourth-order valence-electron chi connectivity index (χ4n) is 2.99. The first-order chi connectivity index (χ1) is 11.5. The summed E-state index contributed by atoms with van der Waals surface area (Å²) in [6, 6.07) is 5.38. The Balaban J connectivity index is 1.74. The Hall–Kier alpha value is -2.28. The van der Waals surface area contributed by atoms with Crippen LogP contribution in [-0.4, -0.2) is 56.1 Å². The first kappa shape index (κ1) is 16.6. The summed E-state index contributed by atoms with van der Waals surface area (Å²) >= 11 is 0. The lowest BCUT2D eigenvalue weighted by atomic mass is 10.1. The van der Waals surface area contributed by atoms with E-state index >= 15 is 0 Å². The third kappa shape index (κ3) is 3.03. The van der Waals surface area contributed by atoms with Crippen molar-refractivity contribution < 1.29 is 19.1 Å². The van der Waals surface area contributed by atoms with E-state index in [9.17, 15) is 9.59 Å². The van der Waals surface area contributed by atoms with E-state index in [0.29, 0.717) is 37.8 Å². The molecule has 1 aromatic carbocycles. The highest BCUT2D eigenvalue weighted by Crippen LogP contribution is 2.36. The number of anilines is 1. The number of fused-ring (bicyclic) bond motifs is 1. The van der Waals surface area contributed by atoms with Gasteiger partial charge in [0.25, 0.3) is 0 Å². The van der Waals surface area contributed by atoms with Gasteiger partial charge in [-0.15, -0.1) is 0 Å². The molecule has 2 aliphatic rings. The quantitative estimate of drug-likeness (QED) is 0.873. The van der Waals surface area contributed by atoms with Gasteiger partial charge >= 0.3 is 0 Å². The number of amides is 2. The monoisotopic (exact) mass is 333 g/mol. The average Bonchev–Trinajstić information content (AvgIpc) is 3.01. The summed E-state index contributed by atoms with van der Waals surface area (Å²) in [5, 5.41) is 0. The van der Waals surface area contributed by atoms with Gasteiger partial charge in [-0.2, -0.15) is 0 Å². The molecule has 2 heterocycles. The Morgan fingerprint density at radius 1 is 1.38 bits per heavy atom. The van der Waals surface area contributed by atoms with Gasteiger partial charge in [-0.1, -0.05) is 0 Å². The van der Waals surface area contributed by atoms with Crippen LogP contribution in [0.3, 0.4) is 0 Å². The van der Waals surface area contributed by atoms with Crippen LogP contribution in [0.25, 0.3) is 0 Å². The van der Waals surface area contributed by atoms with E-state index in [0.717, 1.165) is 5.69 Å². The van der Waals surface area contributed by atoms with Crippen molar-refractivity contribution in [1.82, 2.24) is 4.90 Å². The molecule has 1 aromatic rings. The normalized spacial score (nSPS) is 20.9. The second-order valence-electron chi connectivity index (χ2n) is 6.27. The summed E-state index contributed by atoms with van der Waals surface area (Å²) < 4.78 is 11.1. The Kier molecular flexibility index (Phi) is 4.62. The number of benzene rings is 1. The molecule has 130 valence electrons. The standard InChI is InChI=1S/C17H23N3O4/c1-11(9-18)19(2)17(22)12-7-16(21)20(10-12)13-3-4-14-15(8-13)24-6-5-23-14/h3-4,8,11-12H,5-7,9-10,18H2,1-2H3. The molecule has 2 unspecified atom stereocenters. The van der Waals surface area contributed by atoms with Crippen LogP contribution in [-0.2, 0) is 9.59 Å². The summed E-state index contributed by atoms with van der Waals surface area (Å²) in [6.45, 7) is 3.69. The molecular formula is C17H23N3O4. The van der Waals surface area contributed by atoms with Crippen LogP contribution >= 0.6 is 0 Å². The van der Waals surface area contributed by atoms with Crippen molar-refractivity contribution >= 4 is 17.5 Å². The molecule has 1 saturated heterocycles. The number of carbonyl (C=O) groups is 2. The van der Waals surface area contributed by atoms with Gasteiger partial charge in [-0.05, 0) is 19.1 Å². The molecule has 3 rings (SSSR count). The van der Waals surface area contributed by atoms with Crippen LogP contribution < -0.4 is 20.1 Å². The molecule has 2 N–H and O–H groups in total. The number of hydrogen-bond donors (Lipinski definition) is 1. The van der Waals surface area contributed by atoms with Gasteiger partial charge in [0.05, 0.1) is 5.92 Å². The van der Waals surface area contributed by atoms with Gasteiger partial charge in [-0.25, -0.2) is 0 Å². The van der Waals surface area contributed by atoms with Crippen molar-refractivity contribution in [3.8, 4) is 11.5 Å². The number of nitrogens with zero attached hydrogens (tertiary/aromatic N) is 2. The summed E-state index contributed by atoms with van der Waals surface area (Å²) in [5.74, 6) is 0.876. The van der Waals surface area contributed by atoms with Crippen LogP contribution in [0.15, 0.2) is 18.2 Å². The lowest BCUT2D eigenvalue weighted by Crippen LogP contribution is -2.43. The fourth-order valence-corrected chi connectivity index (χ4v) is 2.99. The average molecular weight is 333 g/mol. The molecule has 2 aliphatic heterocycles. The maximum absolute atomic E-state index is 12.5. The van der Waals surface area contributed by atoms with Crippen molar-refractivity contribution in [1.29, 1.82) is 0 Å². The van der Waals surface area contributed by atoms with E-state index in [-0.39, 0.29) is 30.2 Å². The topological polar surface area (TPSA) is 85.1 Å². The van der Waals surface area contributed by atoms with Gasteiger partial charge in [0, 0.05) is 44.4 Å². The van der Waals surface area contributed by atoms with Crippen LogP contribution in [0.1, 0.15) is 13.3 Å². The summed E-state index contributed by atoms with van der Waals surface area (Å²) in [7, 11) is 1.73. The van der Waals surface area contributed by atoms with Crippen LogP contribution in [0, 0.1) is 5.92 Å². The van der Waals surface area contributed by atoms with Gasteiger partial charge in [0.2, 0.25) is 11.8 Å². The number of rotatable bonds is 4. The first-order valence-corrected chi connectivity index (χ1v) is 8.18. The van der Waals surface area contributed by atoms with Crippen molar-refractivity contribution in [2.75, 3.05) is 38.3 Å². The van der Waals surface area contributed by atoms with Crippen molar-refractivity contribution in [2.24, 2.45) is 11.7 Å². The summed E-state index contributed by atoms with van der Waals surface area (Å²) in [6.07, 6.45) is 0.217. The zero-order chi connectivity index (χ0) is 17.3. The molecule has 2 amide bonds. The lowest BCUT2D eigenvalue weighted by molar-refractivity contribution is -0.136. The number of carbonyl (C=O) groups excluding carboxylic acids is 2. The van der Waals surface area contributed by atoms with Crippen LogP contribution in [0.4, 0.5) is 5.69 Å². The maximum atomic E-state index is 12.5. The molecule has 7 heteroatoms. The third-order valence-corrected chi connectivity index (χ3v) is 4.66. The second-order valence-corrected chi connectivity index (χ2v) is 6.27. The number of nitrogens with two attached hydrogens (primary N) is 1. The Labute approximate surface area is 141 Å². The minimum absolute atomic E-state index is 0.0404. The predicted molar refractivity (Wildman–Crippen MR) is 89.2 cm³/mol. The molecule has 2 atom stereocenters. The summed E-state index contributed by atoms with van der Waals surface area (Å²) in [4.78, 5) is 28.2. The molecule has 7 nitrogen and oxygen atoms in total. The van der Waals surface area contributed by atoms with E-state index in [1.807, 2.05) is 13.0 Å². The van der Waals surface area contributed by atoms with Gasteiger partial charge in [-0.3, -0.25) is 9.59 Å². The lowest BCUT2D eigenvalue weighted by Gasteiger charge is -2.26. The minimum Gasteiger partial charge on any atom is -0.486 e. The zero-order valence-corrected chi connectivity index (χ0v) is 14.0. The van der Waals surface area contributed by atoms with E-state index in [2.05, 4.69) is 0 Å². The Morgan fingerprint density at radius 3 is 2.79 bits per heavy atom. The molecule has 0 aromatic heterocycles. The molecule has 1 fully saturated rings. The molecule has 0 saturated carbocycles. The van der Waals surface area contributed by atoms with Gasteiger partial charge < -0.3 is 25.0 Å². The van der Waals surface area contributed by atoms with Crippen molar-refractivity contribution in [3.05, 3.63) is 18.2 Å². The van der Waals surface area contributed by atoms with E-state index < -0.39 is 0 Å². The van der Waals surface area contributed by atoms with Crippen LogP contribution in [0.5, 0.6) is 11.5 Å². The van der Waals surface area contributed by atoms with E-state index in [1.165, 1.54) is 0 Å². The number of hydrogen-bond acceptors (Lipinski definition) is 5. The maximum Gasteiger partial charge on any atom is 0.228 e. The van der Waals surface area contributed by atoms with E-state index in [1.54, 1.807) is 29.0 Å². The SMILES string of the molecule is CC(CN)N(C)C(=O)C1CC(=O)N(c2ccc3c(c2)OCCO3)C1. The third-order valence-electron chi connectivity index (χ3n) is 4.66. The molecule has 0 radical (unpaired) electrons.